The minimum Gasteiger partial charge on any atom is -0.497 e. The number of nitrogens with zero attached hydrogens (tertiary/aromatic N) is 4. The van der Waals surface area contributed by atoms with Gasteiger partial charge in [-0.1, -0.05) is 84.9 Å². The smallest absolute Gasteiger partial charge is 0.118 e. The Labute approximate surface area is 234 Å². The van der Waals surface area contributed by atoms with Crippen molar-refractivity contribution >= 4 is 11.4 Å². The van der Waals surface area contributed by atoms with E-state index in [2.05, 4.69) is 59.7 Å². The van der Waals surface area contributed by atoms with Gasteiger partial charge < -0.3 is 4.74 Å². The number of hydrogen-bond acceptors (Lipinski definition) is 4. The number of aliphatic imine (C=N–C) groups is 1. The Bertz CT molecular complexity index is 1680. The fourth-order valence-electron chi connectivity index (χ4n) is 4.72. The summed E-state index contributed by atoms with van der Waals surface area (Å²) in [4.78, 5) is 9.35. The van der Waals surface area contributed by atoms with E-state index in [4.69, 9.17) is 14.8 Å². The number of benzene rings is 4. The molecule has 194 valence electrons. The molecule has 0 aliphatic heterocycles. The molecule has 0 spiro atoms. The number of methoxy groups -OCH3 is 1. The zero-order valence-electron chi connectivity index (χ0n) is 22.2. The number of aromatic nitrogens is 3. The van der Waals surface area contributed by atoms with E-state index in [0.29, 0.717) is 6.54 Å². The molecule has 6 rings (SSSR count). The topological polar surface area (TPSA) is 52.3 Å². The minimum atomic E-state index is 0.645. The van der Waals surface area contributed by atoms with E-state index in [1.807, 2.05) is 89.9 Å². The van der Waals surface area contributed by atoms with Crippen LogP contribution in [0.4, 0.5) is 5.69 Å². The van der Waals surface area contributed by atoms with E-state index in [-0.39, 0.29) is 0 Å². The van der Waals surface area contributed by atoms with Crippen molar-refractivity contribution in [2.24, 2.45) is 4.99 Å². The Morgan fingerprint density at radius 2 is 1.40 bits per heavy atom. The van der Waals surface area contributed by atoms with Crippen LogP contribution in [0.2, 0.25) is 0 Å². The van der Waals surface area contributed by atoms with E-state index < -0.39 is 0 Å². The average molecular weight is 521 g/mol. The molecular formula is C35H28N4O. The molecule has 6 aromatic rings. The fourth-order valence-corrected chi connectivity index (χ4v) is 4.72. The molecule has 0 bridgehead atoms. The van der Waals surface area contributed by atoms with Gasteiger partial charge in [0.25, 0.3) is 0 Å². The summed E-state index contributed by atoms with van der Waals surface area (Å²) in [6.45, 7) is 0.645. The molecule has 0 aliphatic carbocycles. The number of pyridine rings is 1. The molecule has 40 heavy (non-hydrogen) atoms. The summed E-state index contributed by atoms with van der Waals surface area (Å²) in [6, 6.07) is 41.0. The maximum atomic E-state index is 5.31. The normalized spacial score (nSPS) is 10.7. The van der Waals surface area contributed by atoms with Crippen LogP contribution in [0.3, 0.4) is 0 Å². The lowest BCUT2D eigenvalue weighted by atomic mass is 10.0. The third-order valence-corrected chi connectivity index (χ3v) is 6.71. The predicted molar refractivity (Wildman–Crippen MR) is 161 cm³/mol. The lowest BCUT2D eigenvalue weighted by Gasteiger charge is -2.09. The van der Waals surface area contributed by atoms with Crippen LogP contribution in [-0.2, 0) is 6.54 Å². The highest BCUT2D eigenvalue weighted by atomic mass is 16.5. The van der Waals surface area contributed by atoms with Crippen LogP contribution < -0.4 is 4.74 Å². The maximum Gasteiger partial charge on any atom is 0.118 e. The number of hydrogen-bond donors (Lipinski definition) is 0. The lowest BCUT2D eigenvalue weighted by Crippen LogP contribution is -2.02. The summed E-state index contributed by atoms with van der Waals surface area (Å²) in [5.41, 5.74) is 9.09. The molecule has 0 N–H and O–H groups in total. The summed E-state index contributed by atoms with van der Waals surface area (Å²) >= 11 is 0. The van der Waals surface area contributed by atoms with Crippen molar-refractivity contribution in [1.82, 2.24) is 14.8 Å². The standard InChI is InChI=1S/C35H28N4O/c1-40-32-17-15-26(16-18-32)24-39-25-33(27-19-21-36-22-20-27)35(38-39)30-13-8-14-31(23-30)37-34(28-9-4-2-5-10-28)29-11-6-3-7-12-29/h2-23,25H,24H2,1H3. The summed E-state index contributed by atoms with van der Waals surface area (Å²) in [5.74, 6) is 0.838. The van der Waals surface area contributed by atoms with Gasteiger partial charge in [-0.05, 0) is 47.5 Å². The highest BCUT2D eigenvalue weighted by Crippen LogP contribution is 2.33. The summed E-state index contributed by atoms with van der Waals surface area (Å²) < 4.78 is 7.30. The Morgan fingerprint density at radius 3 is 2.05 bits per heavy atom. The van der Waals surface area contributed by atoms with E-state index in [1.54, 1.807) is 7.11 Å². The highest BCUT2D eigenvalue weighted by molar-refractivity contribution is 6.14. The van der Waals surface area contributed by atoms with Gasteiger partial charge in [-0.15, -0.1) is 0 Å². The fraction of sp³-hybridized carbons (Fsp3) is 0.0571. The summed E-state index contributed by atoms with van der Waals surface area (Å²) in [5, 5.41) is 5.05. The Balaban J connectivity index is 1.42. The van der Waals surface area contributed by atoms with Crippen LogP contribution in [0.15, 0.2) is 145 Å². The van der Waals surface area contributed by atoms with Crippen LogP contribution in [0, 0.1) is 0 Å². The summed E-state index contributed by atoms with van der Waals surface area (Å²) in [6.07, 6.45) is 5.73. The van der Waals surface area contributed by atoms with Gasteiger partial charge in [-0.3, -0.25) is 9.67 Å². The minimum absolute atomic E-state index is 0.645. The Kier molecular flexibility index (Phi) is 7.27. The van der Waals surface area contributed by atoms with Gasteiger partial charge >= 0.3 is 0 Å². The number of ether oxygens (including phenoxy) is 1. The SMILES string of the molecule is COc1ccc(Cn2cc(-c3ccncc3)c(-c3cccc(N=C(c4ccccc4)c4ccccc4)c3)n2)cc1. The zero-order valence-corrected chi connectivity index (χ0v) is 22.2. The van der Waals surface area contributed by atoms with Crippen molar-refractivity contribution in [2.45, 2.75) is 6.54 Å². The molecule has 0 aliphatic rings. The highest BCUT2D eigenvalue weighted by Gasteiger charge is 2.15. The first-order valence-corrected chi connectivity index (χ1v) is 13.2. The van der Waals surface area contributed by atoms with E-state index in [1.165, 1.54) is 0 Å². The second-order valence-corrected chi connectivity index (χ2v) is 9.42. The molecule has 0 atom stereocenters. The molecule has 2 heterocycles. The lowest BCUT2D eigenvalue weighted by molar-refractivity contribution is 0.414. The van der Waals surface area contributed by atoms with Gasteiger partial charge in [0.1, 0.15) is 11.4 Å². The molecular weight excluding hydrogens is 492 g/mol. The van der Waals surface area contributed by atoms with Crippen LogP contribution in [0.5, 0.6) is 5.75 Å². The molecule has 0 unspecified atom stereocenters. The van der Waals surface area contributed by atoms with Crippen LogP contribution in [0.1, 0.15) is 16.7 Å². The van der Waals surface area contributed by atoms with E-state index in [0.717, 1.165) is 56.2 Å². The second-order valence-electron chi connectivity index (χ2n) is 9.42. The molecule has 0 amide bonds. The van der Waals surface area contributed by atoms with Gasteiger partial charge in [0.05, 0.1) is 25.1 Å². The predicted octanol–water partition coefficient (Wildman–Crippen LogP) is 7.84. The Morgan fingerprint density at radius 1 is 0.725 bits per heavy atom. The zero-order chi connectivity index (χ0) is 27.1. The monoisotopic (exact) mass is 520 g/mol. The maximum absolute atomic E-state index is 5.31. The van der Waals surface area contributed by atoms with E-state index >= 15 is 0 Å². The molecule has 0 saturated heterocycles. The Hall–Kier alpha value is -5.29. The third kappa shape index (κ3) is 5.59. The average Bonchev–Trinajstić information content (AvgIpc) is 3.45. The van der Waals surface area contributed by atoms with E-state index in [9.17, 15) is 0 Å². The quantitative estimate of drug-likeness (QED) is 0.192. The first kappa shape index (κ1) is 25.0. The first-order valence-electron chi connectivity index (χ1n) is 13.2. The molecule has 0 radical (unpaired) electrons. The third-order valence-electron chi connectivity index (χ3n) is 6.71. The molecule has 0 saturated carbocycles. The van der Waals surface area contributed by atoms with Crippen molar-refractivity contribution in [1.29, 1.82) is 0 Å². The molecule has 4 aromatic carbocycles. The van der Waals surface area contributed by atoms with Crippen molar-refractivity contribution < 1.29 is 4.74 Å². The van der Waals surface area contributed by atoms with Gasteiger partial charge in [0, 0.05) is 40.8 Å². The molecule has 2 aromatic heterocycles. The number of rotatable bonds is 8. The first-order chi connectivity index (χ1) is 19.8. The van der Waals surface area contributed by atoms with Crippen molar-refractivity contribution in [2.75, 3.05) is 7.11 Å². The van der Waals surface area contributed by atoms with Crippen LogP contribution in [-0.4, -0.2) is 27.6 Å². The molecule has 0 fully saturated rings. The van der Waals surface area contributed by atoms with Crippen molar-refractivity contribution in [3.8, 4) is 28.1 Å². The van der Waals surface area contributed by atoms with Crippen LogP contribution in [0.25, 0.3) is 22.4 Å². The molecule has 5 heteroatoms. The largest absolute Gasteiger partial charge is 0.497 e. The van der Waals surface area contributed by atoms with Gasteiger partial charge in [0.15, 0.2) is 0 Å². The molecule has 5 nitrogen and oxygen atoms in total. The summed E-state index contributed by atoms with van der Waals surface area (Å²) in [7, 11) is 1.68. The van der Waals surface area contributed by atoms with Crippen molar-refractivity contribution in [3.63, 3.8) is 0 Å². The van der Waals surface area contributed by atoms with Crippen LogP contribution >= 0.6 is 0 Å². The van der Waals surface area contributed by atoms with Gasteiger partial charge in [0.2, 0.25) is 0 Å². The van der Waals surface area contributed by atoms with Gasteiger partial charge in [-0.25, -0.2) is 4.99 Å². The van der Waals surface area contributed by atoms with Crippen molar-refractivity contribution in [3.05, 3.63) is 157 Å². The van der Waals surface area contributed by atoms with Gasteiger partial charge in [-0.2, -0.15) is 5.10 Å². The second kappa shape index (κ2) is 11.6.